The first-order valence-electron chi connectivity index (χ1n) is 8.48. The van der Waals surface area contributed by atoms with Crippen molar-refractivity contribution in [1.82, 2.24) is 35.6 Å². The Labute approximate surface area is 156 Å². The van der Waals surface area contributed by atoms with Gasteiger partial charge in [0.2, 0.25) is 0 Å². The van der Waals surface area contributed by atoms with E-state index in [-0.39, 0.29) is 0 Å². The maximum atomic E-state index is 5.50. The number of tetrazole rings is 1. The summed E-state index contributed by atoms with van der Waals surface area (Å²) in [6, 6.07) is 12.0. The second kappa shape index (κ2) is 6.64. The average molecular weight is 361 g/mol. The van der Waals surface area contributed by atoms with Crippen molar-refractivity contribution in [2.45, 2.75) is 13.8 Å². The molecule has 4 aromatic rings. The molecule has 27 heavy (non-hydrogen) atoms. The molecule has 2 heterocycles. The Bertz CT molecular complexity index is 1100. The van der Waals surface area contributed by atoms with Gasteiger partial charge in [0.1, 0.15) is 11.4 Å². The highest BCUT2D eigenvalue weighted by Crippen LogP contribution is 2.33. The van der Waals surface area contributed by atoms with E-state index in [2.05, 4.69) is 43.9 Å². The zero-order chi connectivity index (χ0) is 19.0. The third-order valence-electron chi connectivity index (χ3n) is 4.71. The Balaban J connectivity index is 1.75. The summed E-state index contributed by atoms with van der Waals surface area (Å²) < 4.78 is 7.14. The molecule has 0 radical (unpaired) electrons. The lowest BCUT2D eigenvalue weighted by Gasteiger charge is -2.11. The SMILES string of the molecule is COc1cc(-c2nn[nH]c2-c2ccc(-c3nnnn3C)cc2)cc(C)c1C. The first-order valence-corrected chi connectivity index (χ1v) is 8.48. The van der Waals surface area contributed by atoms with E-state index in [0.29, 0.717) is 5.82 Å². The summed E-state index contributed by atoms with van der Waals surface area (Å²) in [4.78, 5) is 0. The van der Waals surface area contributed by atoms with Crippen molar-refractivity contribution in [2.75, 3.05) is 7.11 Å². The Morgan fingerprint density at radius 1 is 0.963 bits per heavy atom. The second-order valence-electron chi connectivity index (χ2n) is 6.36. The molecule has 0 fully saturated rings. The monoisotopic (exact) mass is 361 g/mol. The molecule has 8 heteroatoms. The highest BCUT2D eigenvalue weighted by atomic mass is 16.5. The summed E-state index contributed by atoms with van der Waals surface area (Å²) in [6.45, 7) is 4.10. The van der Waals surface area contributed by atoms with Gasteiger partial charge in [0.15, 0.2) is 5.82 Å². The first-order chi connectivity index (χ1) is 13.1. The minimum absolute atomic E-state index is 0.711. The molecular weight excluding hydrogens is 342 g/mol. The lowest BCUT2D eigenvalue weighted by molar-refractivity contribution is 0.411. The summed E-state index contributed by atoms with van der Waals surface area (Å²) in [7, 11) is 3.49. The number of H-pyrrole nitrogens is 1. The first kappa shape index (κ1) is 16.9. The van der Waals surface area contributed by atoms with Crippen LogP contribution in [0.1, 0.15) is 11.1 Å². The molecule has 0 amide bonds. The van der Waals surface area contributed by atoms with Gasteiger partial charge in [-0.15, -0.1) is 10.2 Å². The van der Waals surface area contributed by atoms with Crippen molar-refractivity contribution in [1.29, 1.82) is 0 Å². The van der Waals surface area contributed by atoms with E-state index in [1.165, 1.54) is 0 Å². The molecule has 0 aliphatic heterocycles. The molecule has 0 atom stereocenters. The largest absolute Gasteiger partial charge is 0.496 e. The number of nitrogens with zero attached hydrogens (tertiary/aromatic N) is 6. The van der Waals surface area contributed by atoms with Gasteiger partial charge in [0, 0.05) is 23.7 Å². The summed E-state index contributed by atoms with van der Waals surface area (Å²) >= 11 is 0. The lowest BCUT2D eigenvalue weighted by atomic mass is 9.99. The molecule has 0 aliphatic carbocycles. The van der Waals surface area contributed by atoms with Gasteiger partial charge in [-0.1, -0.05) is 29.5 Å². The van der Waals surface area contributed by atoms with Crippen LogP contribution in [0.3, 0.4) is 0 Å². The van der Waals surface area contributed by atoms with Gasteiger partial charge in [-0.2, -0.15) is 0 Å². The Hall–Kier alpha value is -3.55. The third kappa shape index (κ3) is 2.95. The number of benzene rings is 2. The van der Waals surface area contributed by atoms with E-state index >= 15 is 0 Å². The lowest BCUT2D eigenvalue weighted by Crippen LogP contribution is -1.95. The zero-order valence-electron chi connectivity index (χ0n) is 15.6. The molecule has 0 saturated heterocycles. The number of ether oxygens (including phenoxy) is 1. The molecule has 0 aliphatic rings. The van der Waals surface area contributed by atoms with Crippen LogP contribution in [-0.4, -0.2) is 42.7 Å². The van der Waals surface area contributed by atoms with E-state index in [1.807, 2.05) is 44.3 Å². The number of nitrogens with one attached hydrogen (secondary N) is 1. The van der Waals surface area contributed by atoms with Gasteiger partial charge in [-0.3, -0.25) is 5.10 Å². The van der Waals surface area contributed by atoms with Crippen LogP contribution < -0.4 is 4.74 Å². The van der Waals surface area contributed by atoms with E-state index in [9.17, 15) is 0 Å². The minimum atomic E-state index is 0.711. The van der Waals surface area contributed by atoms with Crippen LogP contribution in [0, 0.1) is 13.8 Å². The third-order valence-corrected chi connectivity index (χ3v) is 4.71. The van der Waals surface area contributed by atoms with Crippen molar-refractivity contribution < 1.29 is 4.74 Å². The number of aromatic amines is 1. The number of hydrogen-bond acceptors (Lipinski definition) is 6. The summed E-state index contributed by atoms with van der Waals surface area (Å²) in [5.41, 5.74) is 6.77. The zero-order valence-corrected chi connectivity index (χ0v) is 15.6. The summed E-state index contributed by atoms with van der Waals surface area (Å²) in [5.74, 6) is 1.55. The number of rotatable bonds is 4. The number of hydrogen-bond donors (Lipinski definition) is 1. The maximum Gasteiger partial charge on any atom is 0.181 e. The number of aromatic nitrogens is 7. The minimum Gasteiger partial charge on any atom is -0.496 e. The fraction of sp³-hybridized carbons (Fsp3) is 0.211. The van der Waals surface area contributed by atoms with Crippen LogP contribution in [0.4, 0.5) is 0 Å². The van der Waals surface area contributed by atoms with Crippen LogP contribution >= 0.6 is 0 Å². The van der Waals surface area contributed by atoms with Crippen molar-refractivity contribution in [3.63, 3.8) is 0 Å². The van der Waals surface area contributed by atoms with Crippen LogP contribution in [0.25, 0.3) is 33.9 Å². The smallest absolute Gasteiger partial charge is 0.181 e. The van der Waals surface area contributed by atoms with Gasteiger partial charge >= 0.3 is 0 Å². The molecular formula is C19H19N7O. The molecule has 2 aromatic carbocycles. The molecule has 4 rings (SSSR count). The topological polar surface area (TPSA) is 94.4 Å². The van der Waals surface area contributed by atoms with E-state index < -0.39 is 0 Å². The molecule has 1 N–H and O–H groups in total. The number of aryl methyl sites for hydroxylation is 2. The maximum absolute atomic E-state index is 5.50. The van der Waals surface area contributed by atoms with Crippen LogP contribution in [0.5, 0.6) is 5.75 Å². The van der Waals surface area contributed by atoms with Gasteiger partial charge in [0.25, 0.3) is 0 Å². The second-order valence-corrected chi connectivity index (χ2v) is 6.36. The van der Waals surface area contributed by atoms with Gasteiger partial charge < -0.3 is 4.74 Å². The summed E-state index contributed by atoms with van der Waals surface area (Å²) in [6.07, 6.45) is 0. The van der Waals surface area contributed by atoms with Crippen LogP contribution in [0.15, 0.2) is 36.4 Å². The van der Waals surface area contributed by atoms with Gasteiger partial charge in [-0.05, 0) is 47.5 Å². The van der Waals surface area contributed by atoms with Crippen molar-refractivity contribution in [2.24, 2.45) is 7.05 Å². The highest BCUT2D eigenvalue weighted by molar-refractivity contribution is 5.79. The van der Waals surface area contributed by atoms with Gasteiger partial charge in [0.05, 0.1) is 12.8 Å². The van der Waals surface area contributed by atoms with Crippen molar-refractivity contribution >= 4 is 0 Å². The molecule has 0 bridgehead atoms. The molecule has 0 spiro atoms. The van der Waals surface area contributed by atoms with Crippen LogP contribution in [0.2, 0.25) is 0 Å². The Morgan fingerprint density at radius 2 is 1.70 bits per heavy atom. The molecule has 8 nitrogen and oxygen atoms in total. The fourth-order valence-corrected chi connectivity index (χ4v) is 3.07. The van der Waals surface area contributed by atoms with E-state index in [0.717, 1.165) is 45.0 Å². The van der Waals surface area contributed by atoms with Crippen LogP contribution in [-0.2, 0) is 7.05 Å². The highest BCUT2D eigenvalue weighted by Gasteiger charge is 2.15. The van der Waals surface area contributed by atoms with Gasteiger partial charge in [-0.25, -0.2) is 4.68 Å². The quantitative estimate of drug-likeness (QED) is 0.600. The molecule has 0 saturated carbocycles. The summed E-state index contributed by atoms with van der Waals surface area (Å²) in [5, 5.41) is 22.9. The average Bonchev–Trinajstić information content (AvgIpc) is 3.33. The van der Waals surface area contributed by atoms with E-state index in [4.69, 9.17) is 4.74 Å². The molecule has 2 aromatic heterocycles. The van der Waals surface area contributed by atoms with Crippen molar-refractivity contribution in [3.05, 3.63) is 47.5 Å². The normalized spacial score (nSPS) is 11.0. The van der Waals surface area contributed by atoms with E-state index in [1.54, 1.807) is 11.8 Å². The fourth-order valence-electron chi connectivity index (χ4n) is 3.07. The predicted octanol–water partition coefficient (Wildman–Crippen LogP) is 2.95. The number of methoxy groups -OCH3 is 1. The molecule has 0 unspecified atom stereocenters. The molecule has 136 valence electrons. The standard InChI is InChI=1S/C19H19N7O/c1-11-9-15(10-16(27-4)12(11)2)18-17(20-23-21-18)13-5-7-14(8-6-13)19-22-24-25-26(19)3/h5-10H,1-4H3,(H,20,21,23). The predicted molar refractivity (Wildman–Crippen MR) is 101 cm³/mol. The Kier molecular flexibility index (Phi) is 4.15. The van der Waals surface area contributed by atoms with Crippen molar-refractivity contribution in [3.8, 4) is 39.7 Å². The Morgan fingerprint density at radius 3 is 2.37 bits per heavy atom.